The molecule has 2 aromatic heterocycles. The van der Waals surface area contributed by atoms with Crippen molar-refractivity contribution in [2.24, 2.45) is 0 Å². The number of thiophene rings is 1. The Labute approximate surface area is 176 Å². The monoisotopic (exact) mass is 430 g/mol. The number of amides is 1. The predicted molar refractivity (Wildman–Crippen MR) is 114 cm³/mol. The number of nitrogen functional groups attached to an aromatic ring is 1. The van der Waals surface area contributed by atoms with Gasteiger partial charge >= 0.3 is 12.1 Å². The van der Waals surface area contributed by atoms with Gasteiger partial charge in [0.2, 0.25) is 0 Å². The van der Waals surface area contributed by atoms with Crippen LogP contribution in [0.3, 0.4) is 0 Å². The van der Waals surface area contributed by atoms with E-state index < -0.39 is 23.6 Å². The molecule has 0 saturated heterocycles. The van der Waals surface area contributed by atoms with Gasteiger partial charge in [-0.3, -0.25) is 4.79 Å². The van der Waals surface area contributed by atoms with Gasteiger partial charge in [0.1, 0.15) is 15.3 Å². The van der Waals surface area contributed by atoms with E-state index in [9.17, 15) is 14.4 Å². The molecule has 1 aromatic carbocycles. The molecule has 3 N–H and O–H groups in total. The van der Waals surface area contributed by atoms with E-state index in [0.29, 0.717) is 15.9 Å². The van der Waals surface area contributed by atoms with Crippen LogP contribution < -0.4 is 11.1 Å². The van der Waals surface area contributed by atoms with E-state index in [0.717, 1.165) is 16.0 Å². The van der Waals surface area contributed by atoms with Crippen LogP contribution in [0.4, 0.5) is 16.3 Å². The van der Waals surface area contributed by atoms with E-state index in [1.807, 2.05) is 0 Å². The average Bonchev–Trinajstić information content (AvgIpc) is 3.21. The normalized spacial score (nSPS) is 11.3. The van der Waals surface area contributed by atoms with Crippen molar-refractivity contribution in [3.63, 3.8) is 0 Å². The summed E-state index contributed by atoms with van der Waals surface area (Å²) in [7, 11) is 0. The van der Waals surface area contributed by atoms with E-state index in [1.54, 1.807) is 52.0 Å². The van der Waals surface area contributed by atoms with E-state index in [2.05, 4.69) is 10.4 Å². The second kappa shape index (κ2) is 8.15. The van der Waals surface area contributed by atoms with Gasteiger partial charge in [0, 0.05) is 5.69 Å². The number of ether oxygens (including phenoxy) is 2. The molecule has 0 aliphatic rings. The number of carbonyl (C=O) groups is 3. The lowest BCUT2D eigenvalue weighted by molar-refractivity contribution is 0.00751. The first-order valence-electron chi connectivity index (χ1n) is 9.19. The summed E-state index contributed by atoms with van der Waals surface area (Å²) < 4.78 is 11.4. The molecule has 0 spiro atoms. The summed E-state index contributed by atoms with van der Waals surface area (Å²) in [5, 5.41) is 7.24. The number of nitrogens with zero attached hydrogens (tertiary/aromatic N) is 2. The Morgan fingerprint density at radius 2 is 1.93 bits per heavy atom. The largest absolute Gasteiger partial charge is 0.456 e. The quantitative estimate of drug-likeness (QED) is 0.475. The van der Waals surface area contributed by atoms with Gasteiger partial charge in [-0.1, -0.05) is 12.1 Å². The van der Waals surface area contributed by atoms with Gasteiger partial charge in [0.15, 0.2) is 5.82 Å². The average molecular weight is 430 g/mol. The summed E-state index contributed by atoms with van der Waals surface area (Å²) in [5.41, 5.74) is 5.75. The molecule has 0 fully saturated rings. The summed E-state index contributed by atoms with van der Waals surface area (Å²) in [6.07, 6.45) is -0.722. The summed E-state index contributed by atoms with van der Waals surface area (Å²) in [5.74, 6) is -0.922. The number of benzene rings is 1. The molecule has 0 saturated carbocycles. The number of nitrogens with one attached hydrogen (secondary N) is 1. The van der Waals surface area contributed by atoms with Crippen LogP contribution in [0.2, 0.25) is 0 Å². The molecular formula is C20H22N4O5S. The molecule has 30 heavy (non-hydrogen) atoms. The number of anilines is 2. The summed E-state index contributed by atoms with van der Waals surface area (Å²) >= 11 is 1.02. The number of hydrogen-bond donors (Lipinski definition) is 2. The van der Waals surface area contributed by atoms with Crippen LogP contribution in [0.25, 0.3) is 10.2 Å². The number of rotatable bonds is 4. The number of carbonyl (C=O) groups excluding carboxylic acids is 3. The van der Waals surface area contributed by atoms with Crippen LogP contribution in [-0.2, 0) is 9.47 Å². The first-order valence-corrected chi connectivity index (χ1v) is 10.0. The van der Waals surface area contributed by atoms with Crippen molar-refractivity contribution in [2.75, 3.05) is 17.7 Å². The molecule has 0 atom stereocenters. The number of aromatic nitrogens is 2. The van der Waals surface area contributed by atoms with Gasteiger partial charge in [-0.2, -0.15) is 4.68 Å². The number of nitrogens with two attached hydrogens (primary N) is 1. The zero-order chi connectivity index (χ0) is 22.1. The smallest absolute Gasteiger partial charge is 0.436 e. The Balaban J connectivity index is 2.02. The lowest BCUT2D eigenvalue weighted by Gasteiger charge is -2.18. The minimum atomic E-state index is -0.722. The maximum atomic E-state index is 12.7. The molecule has 0 radical (unpaired) electrons. The third-order valence-corrected chi connectivity index (χ3v) is 4.93. The van der Waals surface area contributed by atoms with Crippen LogP contribution in [0.1, 0.15) is 47.7 Å². The highest BCUT2D eigenvalue weighted by Gasteiger charge is 2.26. The Morgan fingerprint density at radius 1 is 1.23 bits per heavy atom. The minimum Gasteiger partial charge on any atom is -0.456 e. The number of fused-ring (bicyclic) bond motifs is 1. The van der Waals surface area contributed by atoms with Crippen molar-refractivity contribution in [1.29, 1.82) is 0 Å². The first-order chi connectivity index (χ1) is 14.1. The van der Waals surface area contributed by atoms with Gasteiger partial charge in [0.25, 0.3) is 5.91 Å². The van der Waals surface area contributed by atoms with Crippen LogP contribution >= 0.6 is 11.3 Å². The Bertz CT molecular complexity index is 1130. The van der Waals surface area contributed by atoms with Gasteiger partial charge in [-0.15, -0.1) is 16.4 Å². The highest BCUT2D eigenvalue weighted by atomic mass is 32.1. The fourth-order valence-electron chi connectivity index (χ4n) is 2.62. The topological polar surface area (TPSA) is 126 Å². The van der Waals surface area contributed by atoms with Crippen molar-refractivity contribution in [3.05, 3.63) is 40.8 Å². The summed E-state index contributed by atoms with van der Waals surface area (Å²) in [6.45, 7) is 7.09. The SMILES string of the molecule is CCOC(=O)n1nc(NC(=O)c2ccccc2N)c2cc(C(=O)OC(C)(C)C)sc21. The lowest BCUT2D eigenvalue weighted by Crippen LogP contribution is -2.23. The van der Waals surface area contributed by atoms with Crippen LogP contribution in [0.5, 0.6) is 0 Å². The standard InChI is InChI=1S/C20H22N4O5S/c1-5-28-19(27)24-17-12(10-14(30-17)18(26)29-20(2,3)4)15(23-24)22-16(25)11-8-6-7-9-13(11)21/h6-10H,5,21H2,1-4H3,(H,22,23,25). The maximum absolute atomic E-state index is 12.7. The maximum Gasteiger partial charge on any atom is 0.436 e. The van der Waals surface area contributed by atoms with Crippen LogP contribution in [0.15, 0.2) is 30.3 Å². The summed E-state index contributed by atoms with van der Waals surface area (Å²) in [6, 6.07) is 8.10. The third kappa shape index (κ3) is 4.43. The molecule has 0 aliphatic carbocycles. The lowest BCUT2D eigenvalue weighted by atomic mass is 10.1. The number of para-hydroxylation sites is 1. The van der Waals surface area contributed by atoms with Gasteiger partial charge in [-0.25, -0.2) is 9.59 Å². The van der Waals surface area contributed by atoms with E-state index >= 15 is 0 Å². The van der Waals surface area contributed by atoms with Crippen LogP contribution in [-0.4, -0.2) is 40.0 Å². The van der Waals surface area contributed by atoms with Crippen molar-refractivity contribution in [2.45, 2.75) is 33.3 Å². The Kier molecular flexibility index (Phi) is 5.79. The molecule has 10 heteroatoms. The van der Waals surface area contributed by atoms with E-state index in [-0.39, 0.29) is 22.9 Å². The molecule has 0 unspecified atom stereocenters. The predicted octanol–water partition coefficient (Wildman–Crippen LogP) is 3.89. The minimum absolute atomic E-state index is 0.109. The zero-order valence-corrected chi connectivity index (χ0v) is 17.8. The van der Waals surface area contributed by atoms with Crippen molar-refractivity contribution in [3.8, 4) is 0 Å². The molecule has 158 valence electrons. The second-order valence-corrected chi connectivity index (χ2v) is 8.36. The molecule has 3 rings (SSSR count). The molecule has 3 aromatic rings. The highest BCUT2D eigenvalue weighted by molar-refractivity contribution is 7.20. The second-order valence-electron chi connectivity index (χ2n) is 7.33. The van der Waals surface area contributed by atoms with E-state index in [1.165, 1.54) is 6.07 Å². The van der Waals surface area contributed by atoms with Crippen molar-refractivity contribution >= 4 is 51.0 Å². The molecule has 2 heterocycles. The van der Waals surface area contributed by atoms with Crippen molar-refractivity contribution in [1.82, 2.24) is 9.78 Å². The fourth-order valence-corrected chi connectivity index (χ4v) is 3.59. The molecule has 9 nitrogen and oxygen atoms in total. The van der Waals surface area contributed by atoms with Gasteiger partial charge in [-0.05, 0) is 45.9 Å². The molecule has 1 amide bonds. The zero-order valence-electron chi connectivity index (χ0n) is 17.0. The number of hydrogen-bond acceptors (Lipinski definition) is 8. The van der Waals surface area contributed by atoms with E-state index in [4.69, 9.17) is 15.2 Å². The Morgan fingerprint density at radius 3 is 2.57 bits per heavy atom. The van der Waals surface area contributed by atoms with Crippen LogP contribution in [0, 0.1) is 0 Å². The third-order valence-electron chi connectivity index (χ3n) is 3.84. The van der Waals surface area contributed by atoms with Gasteiger partial charge < -0.3 is 20.5 Å². The first kappa shape index (κ1) is 21.3. The molecular weight excluding hydrogens is 408 g/mol. The number of esters is 1. The van der Waals surface area contributed by atoms with Crippen molar-refractivity contribution < 1.29 is 23.9 Å². The fraction of sp³-hybridized carbons (Fsp3) is 0.300. The molecule has 0 aliphatic heterocycles. The van der Waals surface area contributed by atoms with Gasteiger partial charge in [0.05, 0.1) is 17.6 Å². The molecule has 0 bridgehead atoms. The summed E-state index contributed by atoms with van der Waals surface area (Å²) in [4.78, 5) is 38.1. The highest BCUT2D eigenvalue weighted by Crippen LogP contribution is 2.33. The Hall–Kier alpha value is -3.40.